The van der Waals surface area contributed by atoms with E-state index in [-0.39, 0.29) is 17.1 Å². The molecule has 0 heterocycles. The first-order chi connectivity index (χ1) is 6.77. The second-order valence-electron chi connectivity index (χ2n) is 4.11. The van der Waals surface area contributed by atoms with E-state index in [0.717, 1.165) is 5.92 Å². The molecule has 15 heavy (non-hydrogen) atoms. The molecule has 0 amide bonds. The molecule has 90 valence electrons. The van der Waals surface area contributed by atoms with Crippen LogP contribution < -0.4 is 0 Å². The van der Waals surface area contributed by atoms with Crippen molar-refractivity contribution in [1.82, 2.24) is 0 Å². The summed E-state index contributed by atoms with van der Waals surface area (Å²) >= 11 is 7.03. The van der Waals surface area contributed by atoms with Crippen molar-refractivity contribution in [3.8, 4) is 0 Å². The van der Waals surface area contributed by atoms with Gasteiger partial charge in [-0.3, -0.25) is 0 Å². The molecule has 0 radical (unpaired) electrons. The fourth-order valence-electron chi connectivity index (χ4n) is 1.16. The Bertz CT molecular complexity index is 165. The molecular weight excluding hydrogens is 301 g/mol. The van der Waals surface area contributed by atoms with Gasteiger partial charge in [-0.1, -0.05) is 12.2 Å². The van der Waals surface area contributed by atoms with Crippen LogP contribution in [0.3, 0.4) is 0 Å². The Morgan fingerprint density at radius 3 is 2.13 bits per heavy atom. The molecule has 0 rings (SSSR count). The largest absolute Gasteiger partial charge is 0.338 e. The summed E-state index contributed by atoms with van der Waals surface area (Å²) in [5.74, 6) is 0.988. The van der Waals surface area contributed by atoms with E-state index < -0.39 is 5.69 Å². The molecule has 0 aromatic rings. The number of rotatable bonds is 6. The van der Waals surface area contributed by atoms with Crippen LogP contribution in [-0.4, -0.2) is 9.79 Å². The fraction of sp³-hybridized carbons (Fsp3) is 1.00. The molecule has 0 unspecified atom stereocenters. The van der Waals surface area contributed by atoms with Crippen LogP contribution in [0.1, 0.15) is 40.0 Å². The van der Waals surface area contributed by atoms with E-state index in [1.165, 1.54) is 19.3 Å². The molecule has 0 aromatic carbocycles. The first-order valence-corrected chi connectivity index (χ1v) is 13.6. The Kier molecular flexibility index (Phi) is 15.1. The molecule has 0 aliphatic carbocycles. The van der Waals surface area contributed by atoms with Gasteiger partial charge in [-0.25, -0.2) is 0 Å². The second-order valence-corrected chi connectivity index (χ2v) is 13.3. The van der Waals surface area contributed by atoms with Crippen molar-refractivity contribution in [2.75, 3.05) is 0 Å². The van der Waals surface area contributed by atoms with Crippen molar-refractivity contribution in [2.45, 2.75) is 50.1 Å². The maximum Gasteiger partial charge on any atom is 0.239 e. The smallest absolute Gasteiger partial charge is 0.239 e. The minimum absolute atomic E-state index is 0.0410. The Balaban J connectivity index is 0. The van der Waals surface area contributed by atoms with E-state index in [4.69, 9.17) is 9.79 Å². The minimum Gasteiger partial charge on any atom is -0.338 e. The number of thiol groups is 1. The maximum absolute atomic E-state index is 7.87. The molecule has 0 aliphatic heterocycles. The maximum atomic E-state index is 7.87. The molecular formula is C9H23O2PS2Zn. The first kappa shape index (κ1) is 18.9. The Morgan fingerprint density at radius 1 is 1.33 bits per heavy atom. The molecule has 0 bridgehead atoms. The average Bonchev–Trinajstić information content (AvgIpc) is 2.00. The first-order valence-electron chi connectivity index (χ1n) is 5.55. The van der Waals surface area contributed by atoms with Gasteiger partial charge in [0, 0.05) is 0 Å². The van der Waals surface area contributed by atoms with Crippen LogP contribution in [0, 0.1) is 5.92 Å². The molecule has 0 saturated heterocycles. The van der Waals surface area contributed by atoms with E-state index >= 15 is 0 Å². The fourth-order valence-corrected chi connectivity index (χ4v) is 4.96. The summed E-state index contributed by atoms with van der Waals surface area (Å²) in [6.07, 6.45) is 4.40. The number of unbranched alkanes of at least 4 members (excludes halogenated alkanes) is 2. The summed E-state index contributed by atoms with van der Waals surface area (Å²) in [6.45, 7) is 6.99. The van der Waals surface area contributed by atoms with Crippen molar-refractivity contribution < 1.29 is 26.9 Å². The van der Waals surface area contributed by atoms with Gasteiger partial charge >= 0.3 is 73.1 Å². The molecule has 2 N–H and O–H groups in total. The monoisotopic (exact) mass is 322 g/mol. The predicted molar refractivity (Wildman–Crippen MR) is 71.7 cm³/mol. The molecule has 0 fully saturated rings. The molecule has 2 nitrogen and oxygen atoms in total. The van der Waals surface area contributed by atoms with E-state index in [1.54, 1.807) is 10.0 Å². The standard InChI is InChI=1S/C5H11.C4H9.H3O2PS2.Zn/c1-3-5-4-2;1-4(2)3;1-3(2,4)5;/h1,3-5H2,2H3;4H,1H2,2-3H3;(H3,1,2,4,5);. The molecule has 0 aliphatic rings. The van der Waals surface area contributed by atoms with Crippen LogP contribution in [0.15, 0.2) is 0 Å². The molecule has 6 heteroatoms. The summed E-state index contributed by atoms with van der Waals surface area (Å²) in [5, 5.41) is 3.25. The van der Waals surface area contributed by atoms with E-state index in [0.29, 0.717) is 0 Å². The van der Waals surface area contributed by atoms with Gasteiger partial charge < -0.3 is 9.79 Å². The minimum atomic E-state index is -3.11. The van der Waals surface area contributed by atoms with Crippen LogP contribution in [0.5, 0.6) is 0 Å². The molecule has 0 aromatic heterocycles. The predicted octanol–water partition coefficient (Wildman–Crippen LogP) is 3.88. The van der Waals surface area contributed by atoms with Gasteiger partial charge in [-0.05, 0) is 11.8 Å². The number of hydrogen-bond donors (Lipinski definition) is 3. The van der Waals surface area contributed by atoms with Crippen LogP contribution in [0.25, 0.3) is 0 Å². The molecule has 0 atom stereocenters. The van der Waals surface area contributed by atoms with Gasteiger partial charge in [0.05, 0.1) is 0 Å². The van der Waals surface area contributed by atoms with Crippen molar-refractivity contribution >= 4 is 29.7 Å². The van der Waals surface area contributed by atoms with E-state index in [9.17, 15) is 0 Å². The number of hydrogen-bond acceptors (Lipinski definition) is 1. The average molecular weight is 324 g/mol. The zero-order valence-corrected chi connectivity index (χ0v) is 15.6. The zero-order valence-electron chi connectivity index (χ0n) is 10.0. The summed E-state index contributed by atoms with van der Waals surface area (Å²) in [5.41, 5.74) is -3.11. The molecule has 0 saturated carbocycles. The van der Waals surface area contributed by atoms with Crippen LogP contribution >= 0.6 is 17.9 Å². The van der Waals surface area contributed by atoms with Gasteiger partial charge in [0.1, 0.15) is 0 Å². The summed E-state index contributed by atoms with van der Waals surface area (Å²) < 4.78 is 0. The van der Waals surface area contributed by atoms with Gasteiger partial charge in [0.15, 0.2) is 0 Å². The third kappa shape index (κ3) is 39.1. The van der Waals surface area contributed by atoms with Crippen molar-refractivity contribution in [3.63, 3.8) is 0 Å². The summed E-state index contributed by atoms with van der Waals surface area (Å²) in [6, 6.07) is 0. The Hall–Kier alpha value is 1.54. The van der Waals surface area contributed by atoms with Gasteiger partial charge in [-0.2, -0.15) is 0 Å². The van der Waals surface area contributed by atoms with Crippen molar-refractivity contribution in [1.29, 1.82) is 0 Å². The molecule has 0 spiro atoms. The second kappa shape index (κ2) is 12.0. The Morgan fingerprint density at radius 2 is 1.80 bits per heavy atom. The van der Waals surface area contributed by atoms with Crippen LogP contribution in [0.2, 0.25) is 10.0 Å². The van der Waals surface area contributed by atoms with Gasteiger partial charge in [0.25, 0.3) is 0 Å². The third-order valence-electron chi connectivity index (χ3n) is 1.89. The Labute approximate surface area is 112 Å². The van der Waals surface area contributed by atoms with Crippen LogP contribution in [0.4, 0.5) is 0 Å². The van der Waals surface area contributed by atoms with Crippen molar-refractivity contribution in [2.24, 2.45) is 5.92 Å². The SMILES string of the molecule is CCCC[CH2][Zn][CH2]C(C)C.OP(O)(=S)S. The summed E-state index contributed by atoms with van der Waals surface area (Å²) in [4.78, 5) is 15.7. The summed E-state index contributed by atoms with van der Waals surface area (Å²) in [7, 11) is 0. The third-order valence-corrected chi connectivity index (χ3v) is 7.26. The van der Waals surface area contributed by atoms with Gasteiger partial charge in [0.2, 0.25) is 5.69 Å². The zero-order chi connectivity index (χ0) is 12.3. The van der Waals surface area contributed by atoms with Gasteiger partial charge in [-0.15, -0.1) is 0 Å². The normalized spacial score (nSPS) is 10.6. The van der Waals surface area contributed by atoms with Crippen LogP contribution in [-0.2, 0) is 28.9 Å². The van der Waals surface area contributed by atoms with E-state index in [2.05, 4.69) is 44.8 Å². The topological polar surface area (TPSA) is 40.5 Å². The quantitative estimate of drug-likeness (QED) is 0.301. The van der Waals surface area contributed by atoms with Crippen molar-refractivity contribution in [3.05, 3.63) is 0 Å². The van der Waals surface area contributed by atoms with E-state index in [1.807, 2.05) is 0 Å².